The number of likely N-dealkylation sites (N-methyl/N-ethyl adjacent to an activating group) is 1. The molecule has 2 N–H and O–H groups in total. The number of rotatable bonds is 13. The van der Waals surface area contributed by atoms with Gasteiger partial charge >= 0.3 is 0 Å². The molecular formula is C16H35NO2. The summed E-state index contributed by atoms with van der Waals surface area (Å²) in [6.07, 6.45) is 12.1. The third-order valence-corrected chi connectivity index (χ3v) is 3.90. The van der Waals surface area contributed by atoms with Crippen molar-refractivity contribution < 1.29 is 10.2 Å². The average Bonchev–Trinajstić information content (AvgIpc) is 2.37. The molecule has 116 valence electrons. The summed E-state index contributed by atoms with van der Waals surface area (Å²) in [5.74, 6) is 0. The molecule has 0 heterocycles. The Kier molecular flexibility index (Phi) is 12.8. The molecular weight excluding hydrogens is 238 g/mol. The molecule has 0 aliphatic rings. The minimum atomic E-state index is -0.399. The quantitative estimate of drug-likeness (QED) is 0.507. The van der Waals surface area contributed by atoms with E-state index in [0.717, 1.165) is 12.8 Å². The number of aliphatic hydroxyl groups excluding tert-OH is 2. The topological polar surface area (TPSA) is 43.7 Å². The lowest BCUT2D eigenvalue weighted by Crippen LogP contribution is -2.41. The first-order valence-corrected chi connectivity index (χ1v) is 8.08. The average molecular weight is 273 g/mol. The molecule has 0 saturated carbocycles. The zero-order valence-corrected chi connectivity index (χ0v) is 13.3. The first-order chi connectivity index (χ1) is 9.13. The van der Waals surface area contributed by atoms with E-state index in [4.69, 9.17) is 0 Å². The smallest absolute Gasteiger partial charge is 0.0717 e. The van der Waals surface area contributed by atoms with Gasteiger partial charge in [-0.2, -0.15) is 0 Å². The van der Waals surface area contributed by atoms with Crippen molar-refractivity contribution in [2.24, 2.45) is 0 Å². The molecule has 0 aliphatic carbocycles. The van der Waals surface area contributed by atoms with Gasteiger partial charge < -0.3 is 15.1 Å². The molecule has 0 aromatic rings. The Morgan fingerprint density at radius 1 is 0.842 bits per heavy atom. The lowest BCUT2D eigenvalue weighted by atomic mass is 10.0. The third kappa shape index (κ3) is 10.3. The second-order valence-electron chi connectivity index (χ2n) is 5.90. The fraction of sp³-hybridized carbons (Fsp3) is 1.00. The van der Waals surface area contributed by atoms with E-state index in [0.29, 0.717) is 0 Å². The van der Waals surface area contributed by atoms with Crippen LogP contribution in [0.3, 0.4) is 0 Å². The van der Waals surface area contributed by atoms with Crippen molar-refractivity contribution in [3.05, 3.63) is 0 Å². The normalized spacial score (nSPS) is 14.8. The van der Waals surface area contributed by atoms with Crippen molar-refractivity contribution in [3.63, 3.8) is 0 Å². The van der Waals surface area contributed by atoms with Crippen LogP contribution >= 0.6 is 0 Å². The molecule has 0 saturated heterocycles. The van der Waals surface area contributed by atoms with Crippen LogP contribution in [0, 0.1) is 0 Å². The number of aliphatic hydroxyl groups is 2. The SMILES string of the molecule is CCCCCCCCCCCC(O)C(CO)N(C)C. The molecule has 2 unspecified atom stereocenters. The highest BCUT2D eigenvalue weighted by Gasteiger charge is 2.19. The zero-order chi connectivity index (χ0) is 14.5. The summed E-state index contributed by atoms with van der Waals surface area (Å²) in [6.45, 7) is 2.28. The van der Waals surface area contributed by atoms with Crippen molar-refractivity contribution in [1.29, 1.82) is 0 Å². The molecule has 0 radical (unpaired) electrons. The van der Waals surface area contributed by atoms with Crippen molar-refractivity contribution in [2.75, 3.05) is 20.7 Å². The van der Waals surface area contributed by atoms with Crippen LogP contribution in [0.5, 0.6) is 0 Å². The lowest BCUT2D eigenvalue weighted by molar-refractivity contribution is 0.0333. The molecule has 0 aromatic carbocycles. The van der Waals surface area contributed by atoms with E-state index in [1.54, 1.807) is 0 Å². The van der Waals surface area contributed by atoms with E-state index in [2.05, 4.69) is 6.92 Å². The summed E-state index contributed by atoms with van der Waals surface area (Å²) < 4.78 is 0. The molecule has 3 heteroatoms. The highest BCUT2D eigenvalue weighted by Crippen LogP contribution is 2.13. The first-order valence-electron chi connectivity index (χ1n) is 8.08. The van der Waals surface area contributed by atoms with Gasteiger partial charge in [-0.15, -0.1) is 0 Å². The van der Waals surface area contributed by atoms with Gasteiger partial charge in [0.2, 0.25) is 0 Å². The van der Waals surface area contributed by atoms with Gasteiger partial charge in [-0.1, -0.05) is 64.7 Å². The van der Waals surface area contributed by atoms with Gasteiger partial charge in [0.05, 0.1) is 18.8 Å². The summed E-state index contributed by atoms with van der Waals surface area (Å²) in [5, 5.41) is 19.2. The molecule has 0 aromatic heterocycles. The zero-order valence-electron chi connectivity index (χ0n) is 13.3. The first kappa shape index (κ1) is 18.9. The highest BCUT2D eigenvalue weighted by molar-refractivity contribution is 4.74. The fourth-order valence-electron chi connectivity index (χ4n) is 2.49. The predicted octanol–water partition coefficient (Wildman–Crippen LogP) is 3.19. The van der Waals surface area contributed by atoms with Gasteiger partial charge in [0.1, 0.15) is 0 Å². The summed E-state index contributed by atoms with van der Waals surface area (Å²) in [6, 6.07) is -0.117. The van der Waals surface area contributed by atoms with E-state index >= 15 is 0 Å². The Morgan fingerprint density at radius 2 is 1.32 bits per heavy atom. The second-order valence-corrected chi connectivity index (χ2v) is 5.90. The lowest BCUT2D eigenvalue weighted by Gasteiger charge is -2.27. The number of hydrogen-bond acceptors (Lipinski definition) is 3. The number of unbranched alkanes of at least 4 members (excludes halogenated alkanes) is 8. The van der Waals surface area contributed by atoms with E-state index < -0.39 is 6.10 Å². The molecule has 0 bridgehead atoms. The Morgan fingerprint density at radius 3 is 1.74 bits per heavy atom. The van der Waals surface area contributed by atoms with Crippen molar-refractivity contribution in [3.8, 4) is 0 Å². The maximum absolute atomic E-state index is 9.98. The minimum Gasteiger partial charge on any atom is -0.395 e. The van der Waals surface area contributed by atoms with Crippen LogP contribution in [0.2, 0.25) is 0 Å². The van der Waals surface area contributed by atoms with Crippen LogP contribution < -0.4 is 0 Å². The largest absolute Gasteiger partial charge is 0.395 e. The number of nitrogens with zero attached hydrogens (tertiary/aromatic N) is 1. The second kappa shape index (κ2) is 12.9. The van der Waals surface area contributed by atoms with Crippen LogP contribution in [0.25, 0.3) is 0 Å². The minimum absolute atomic E-state index is 0.0333. The van der Waals surface area contributed by atoms with Crippen molar-refractivity contribution in [2.45, 2.75) is 83.3 Å². The maximum Gasteiger partial charge on any atom is 0.0717 e. The summed E-state index contributed by atoms with van der Waals surface area (Å²) >= 11 is 0. The molecule has 0 rings (SSSR count). The molecule has 19 heavy (non-hydrogen) atoms. The Hall–Kier alpha value is -0.120. The van der Waals surface area contributed by atoms with Crippen LogP contribution in [-0.4, -0.2) is 48.0 Å². The molecule has 3 nitrogen and oxygen atoms in total. The molecule has 0 amide bonds. The van der Waals surface area contributed by atoms with Gasteiger partial charge in [-0.25, -0.2) is 0 Å². The maximum atomic E-state index is 9.98. The summed E-state index contributed by atoms with van der Waals surface area (Å²) in [7, 11) is 3.81. The van der Waals surface area contributed by atoms with Crippen LogP contribution in [0.1, 0.15) is 71.1 Å². The standard InChI is InChI=1S/C16H35NO2/c1-4-5-6-7-8-9-10-11-12-13-16(19)15(14-18)17(2)3/h15-16,18-19H,4-14H2,1-3H3. The monoisotopic (exact) mass is 273 g/mol. The third-order valence-electron chi connectivity index (χ3n) is 3.90. The van der Waals surface area contributed by atoms with Crippen LogP contribution in [0.15, 0.2) is 0 Å². The van der Waals surface area contributed by atoms with E-state index in [-0.39, 0.29) is 12.6 Å². The molecule has 0 fully saturated rings. The van der Waals surface area contributed by atoms with Gasteiger partial charge in [0, 0.05) is 0 Å². The van der Waals surface area contributed by atoms with Gasteiger partial charge in [-0.3, -0.25) is 0 Å². The Balaban J connectivity index is 3.38. The fourth-order valence-corrected chi connectivity index (χ4v) is 2.49. The van der Waals surface area contributed by atoms with E-state index in [1.807, 2.05) is 19.0 Å². The van der Waals surface area contributed by atoms with E-state index in [9.17, 15) is 10.2 Å². The predicted molar refractivity (Wildman–Crippen MR) is 82.4 cm³/mol. The van der Waals surface area contributed by atoms with Gasteiger partial charge in [0.15, 0.2) is 0 Å². The Labute approximate surface area is 120 Å². The summed E-state index contributed by atoms with van der Waals surface area (Å²) in [5.41, 5.74) is 0. The van der Waals surface area contributed by atoms with Crippen LogP contribution in [-0.2, 0) is 0 Å². The van der Waals surface area contributed by atoms with Gasteiger partial charge in [0.25, 0.3) is 0 Å². The molecule has 0 spiro atoms. The van der Waals surface area contributed by atoms with Crippen molar-refractivity contribution >= 4 is 0 Å². The molecule has 2 atom stereocenters. The van der Waals surface area contributed by atoms with E-state index in [1.165, 1.54) is 51.4 Å². The number of hydrogen-bond donors (Lipinski definition) is 2. The summed E-state index contributed by atoms with van der Waals surface area (Å²) in [4.78, 5) is 1.90. The van der Waals surface area contributed by atoms with Crippen LogP contribution in [0.4, 0.5) is 0 Å². The highest BCUT2D eigenvalue weighted by atomic mass is 16.3. The molecule has 0 aliphatic heterocycles. The van der Waals surface area contributed by atoms with Crippen molar-refractivity contribution in [1.82, 2.24) is 4.90 Å². The Bertz CT molecular complexity index is 186. The van der Waals surface area contributed by atoms with Gasteiger partial charge in [-0.05, 0) is 20.5 Å².